The summed E-state index contributed by atoms with van der Waals surface area (Å²) in [4.78, 5) is 42.5. The molecule has 0 bridgehead atoms. The number of ether oxygens (including phenoxy) is 2. The second kappa shape index (κ2) is 44.2. The van der Waals surface area contributed by atoms with Crippen LogP contribution in [0.25, 0.3) is 16.7 Å². The number of benzene rings is 9. The number of amides is 2. The molecule has 0 saturated carbocycles. The first-order valence-corrected chi connectivity index (χ1v) is 53.2. The van der Waals surface area contributed by atoms with Gasteiger partial charge in [0.05, 0.1) is 66.5 Å². The van der Waals surface area contributed by atoms with E-state index in [0.29, 0.717) is 93.3 Å². The van der Waals surface area contributed by atoms with Crippen molar-refractivity contribution in [2.24, 2.45) is 5.41 Å². The molecule has 9 aromatic rings. The summed E-state index contributed by atoms with van der Waals surface area (Å²) in [5, 5.41) is 13.0. The number of carbonyl (C=O) groups is 2. The third kappa shape index (κ3) is 26.1. The van der Waals surface area contributed by atoms with Crippen molar-refractivity contribution in [2.45, 2.75) is 103 Å². The Morgan fingerprint density at radius 2 is 1.07 bits per heavy atom. The predicted molar refractivity (Wildman–Crippen MR) is 515 cm³/mol. The molecule has 4 fully saturated rings. The number of nitrogens with one attached hydrogen (secondary N) is 4. The van der Waals surface area contributed by atoms with E-state index in [0.717, 1.165) is 154 Å². The van der Waals surface area contributed by atoms with Gasteiger partial charge in [-0.2, -0.15) is 13.2 Å². The summed E-state index contributed by atoms with van der Waals surface area (Å²) in [5.41, 5.74) is 5.49. The van der Waals surface area contributed by atoms with E-state index in [9.17, 15) is 48.7 Å². The van der Waals surface area contributed by atoms with Gasteiger partial charge in [0.2, 0.25) is 0 Å². The molecule has 688 valence electrons. The fourth-order valence-corrected chi connectivity index (χ4v) is 24.9. The highest BCUT2D eigenvalue weighted by Gasteiger charge is 2.49. The summed E-state index contributed by atoms with van der Waals surface area (Å²) in [5.74, 6) is -0.228. The van der Waals surface area contributed by atoms with Crippen LogP contribution in [0.3, 0.4) is 0 Å². The van der Waals surface area contributed by atoms with Crippen LogP contribution in [0, 0.1) is 5.41 Å². The van der Waals surface area contributed by atoms with Gasteiger partial charge in [0, 0.05) is 177 Å². The lowest BCUT2D eigenvalue weighted by atomic mass is 9.73. The standard InChI is InChI=1S/C49H60ClF3N5O6PS2.C47H53ClN5O6PS2/c1-4-64-65(60,42-18-19-45(46(32-42)67(61,62)49(51,52)53)54-40(21-23-56-28-30-63-31-29-56)35-66-43-8-6-5-7-9-43)55-47(59)37-12-16-41(17-13-37)58-26-24-57(25-27-58)34-38-33-48(2,3)22-20-44(38)36-10-14-39(50)15-11-36;1-62(56,57)46-32-45-37(31-44(46)49-40(19-21-51-26-29-58-30-27-51)34-61-42-8-3-2-4-9-42)20-28-59-60(45,55)50-47(54)36-13-17-41(18-14-36)53-24-22-52(23-25-53)33-38-7-5-6-10-43(38)35-11-15-39(48)16-12-35/h5-19,32,40,54H,4,20-31,33-35H2,1-3H3,(H,55,59,60);2-18,31-32,40,49H,19-30,33-34H2,1H3,(H,50,54,55)/t40-,65?;40-,60?/m11/s1. The Kier molecular flexibility index (Phi) is 33.2. The average molecular weight is 1920 g/mol. The first-order chi connectivity index (χ1) is 61.9. The molecule has 9 aromatic carbocycles. The van der Waals surface area contributed by atoms with Crippen LogP contribution in [0.5, 0.6) is 0 Å². The molecule has 6 aliphatic rings. The van der Waals surface area contributed by atoms with E-state index in [2.05, 4.69) is 125 Å². The smallest absolute Gasteiger partial charge is 0.380 e. The van der Waals surface area contributed by atoms with Crippen LogP contribution < -0.4 is 41.2 Å². The number of hydrogen-bond donors (Lipinski definition) is 4. The lowest BCUT2D eigenvalue weighted by molar-refractivity contribution is -0.0435. The molecule has 1 aliphatic carbocycles. The van der Waals surface area contributed by atoms with Crippen LogP contribution in [0.15, 0.2) is 237 Å². The molecule has 2 unspecified atom stereocenters. The maximum absolute atomic E-state index is 14.6. The van der Waals surface area contributed by atoms with Gasteiger partial charge in [0.25, 0.3) is 21.7 Å². The van der Waals surface area contributed by atoms with Gasteiger partial charge in [-0.05, 0) is 212 Å². The number of thioether (sulfide) groups is 2. The van der Waals surface area contributed by atoms with Crippen LogP contribution >= 0.6 is 61.8 Å². The second-order valence-electron chi connectivity index (χ2n) is 34.0. The minimum atomic E-state index is -5.98. The summed E-state index contributed by atoms with van der Waals surface area (Å²) in [6.45, 7) is 21.6. The van der Waals surface area contributed by atoms with E-state index in [1.54, 1.807) is 54.2 Å². The number of hydrogen-bond acceptors (Lipinski definition) is 22. The number of nitrogens with zero attached hydrogens (tertiary/aromatic N) is 6. The Balaban J connectivity index is 0.000000209. The van der Waals surface area contributed by atoms with Crippen LogP contribution in [-0.2, 0) is 60.3 Å². The molecule has 5 aliphatic heterocycles. The lowest BCUT2D eigenvalue weighted by Gasteiger charge is -2.39. The second-order valence-corrected chi connectivity index (χ2v) is 45.1. The molecule has 4 N–H and O–H groups in total. The van der Waals surface area contributed by atoms with E-state index in [1.165, 1.54) is 64.7 Å². The lowest BCUT2D eigenvalue weighted by Crippen LogP contribution is -2.47. The van der Waals surface area contributed by atoms with E-state index in [1.807, 2.05) is 84.9 Å². The minimum Gasteiger partial charge on any atom is -0.380 e. The number of sulfone groups is 2. The number of alkyl halides is 3. The molecule has 22 nitrogen and oxygen atoms in total. The Hall–Kier alpha value is -8.03. The first kappa shape index (κ1) is 97.0. The number of halogens is 5. The Morgan fingerprint density at radius 1 is 0.566 bits per heavy atom. The maximum atomic E-state index is 14.6. The van der Waals surface area contributed by atoms with Gasteiger partial charge >= 0.3 is 20.5 Å². The number of anilines is 4. The Labute approximate surface area is 774 Å². The first-order valence-electron chi connectivity index (χ1n) is 43.9. The van der Waals surface area contributed by atoms with Crippen LogP contribution in [-0.4, -0.2) is 221 Å². The van der Waals surface area contributed by atoms with Crippen molar-refractivity contribution in [1.29, 1.82) is 0 Å². The zero-order valence-electron chi connectivity index (χ0n) is 73.1. The van der Waals surface area contributed by atoms with Gasteiger partial charge < -0.3 is 39.0 Å². The van der Waals surface area contributed by atoms with E-state index in [-0.39, 0.29) is 46.1 Å². The molecule has 15 rings (SSSR count). The number of carbonyl (C=O) groups excluding carboxylic acids is 2. The molecule has 4 saturated heterocycles. The predicted octanol–water partition coefficient (Wildman–Crippen LogP) is 17.8. The summed E-state index contributed by atoms with van der Waals surface area (Å²) in [6.07, 6.45) is 6.03. The minimum absolute atomic E-state index is 0.0209. The molecule has 4 atom stereocenters. The van der Waals surface area contributed by atoms with Crippen molar-refractivity contribution >= 4 is 132 Å². The number of morpholine rings is 2. The van der Waals surface area contributed by atoms with Crippen molar-refractivity contribution in [3.05, 3.63) is 256 Å². The van der Waals surface area contributed by atoms with Crippen molar-refractivity contribution in [2.75, 3.05) is 176 Å². The van der Waals surface area contributed by atoms with Crippen LogP contribution in [0.2, 0.25) is 10.0 Å². The largest absolute Gasteiger partial charge is 0.501 e. The molecular formula is C96H113Cl2F3N10O12P2S4. The van der Waals surface area contributed by atoms with E-state index >= 15 is 0 Å². The normalized spacial score (nSPS) is 19.0. The molecule has 33 heteroatoms. The van der Waals surface area contributed by atoms with E-state index < -0.39 is 68.3 Å². The average Bonchev–Trinajstić information content (AvgIpc) is 0.711. The van der Waals surface area contributed by atoms with E-state index in [4.69, 9.17) is 41.7 Å². The molecule has 0 radical (unpaired) electrons. The summed E-state index contributed by atoms with van der Waals surface area (Å²) >= 11 is 15.6. The highest BCUT2D eigenvalue weighted by Crippen LogP contribution is 2.49. The van der Waals surface area contributed by atoms with Gasteiger partial charge in [-0.15, -0.1) is 23.5 Å². The quantitative estimate of drug-likeness (QED) is 0.0221. The fraction of sp³-hybridized carbons (Fsp3) is 0.396. The van der Waals surface area contributed by atoms with Gasteiger partial charge in [-0.3, -0.25) is 48.5 Å². The zero-order valence-corrected chi connectivity index (χ0v) is 79.6. The molecular weight excluding hydrogens is 1800 g/mol. The summed E-state index contributed by atoms with van der Waals surface area (Å²) < 4.78 is 148. The van der Waals surface area contributed by atoms with Gasteiger partial charge in [-0.1, -0.05) is 128 Å². The van der Waals surface area contributed by atoms with Crippen molar-refractivity contribution in [3.8, 4) is 11.1 Å². The Bertz CT molecular complexity index is 5680. The molecule has 129 heavy (non-hydrogen) atoms. The topological polar surface area (TPSA) is 241 Å². The van der Waals surface area contributed by atoms with Crippen molar-refractivity contribution < 1.29 is 67.2 Å². The SMILES string of the molecule is CCOP(=O)(NC(=O)c1ccc(N2CCN(CC3=C(c4ccc(Cl)cc4)CCC(C)(C)C3)CC2)cc1)c1ccc(N[C@H](CCN2CCOCC2)CSc2ccccc2)c(S(=O)(=O)C(F)(F)F)c1.CS(=O)(=O)c1cc2c(cc1N[C@H](CCN1CCOCC1)CSc1ccccc1)CCOP2(=O)NC(=O)c1ccc(N2CCN(Cc3ccccc3-c3ccc(Cl)cc3)CC2)cc1. The number of rotatable bonds is 33. The van der Waals surface area contributed by atoms with Gasteiger partial charge in [-0.25, -0.2) is 16.8 Å². The highest BCUT2D eigenvalue weighted by atomic mass is 35.5. The van der Waals surface area contributed by atoms with Gasteiger partial charge in [0.1, 0.15) is 4.90 Å². The Morgan fingerprint density at radius 3 is 1.60 bits per heavy atom. The van der Waals surface area contributed by atoms with Crippen LogP contribution in [0.4, 0.5) is 35.9 Å². The molecule has 0 spiro atoms. The molecule has 2 amide bonds. The molecule has 0 aromatic heterocycles. The third-order valence-corrected chi connectivity index (χ3v) is 33.9. The van der Waals surface area contributed by atoms with Crippen molar-refractivity contribution in [1.82, 2.24) is 29.8 Å². The summed E-state index contributed by atoms with van der Waals surface area (Å²) in [6, 6.07) is 64.1. The third-order valence-electron chi connectivity index (χ3n) is 24.2. The number of allylic oxidation sites excluding steroid dienone is 1. The van der Waals surface area contributed by atoms with Gasteiger partial charge in [0.15, 0.2) is 9.84 Å². The number of fused-ring (bicyclic) bond motifs is 1. The number of piperazine rings is 2. The zero-order chi connectivity index (χ0) is 90.9. The van der Waals surface area contributed by atoms with Crippen molar-refractivity contribution in [3.63, 3.8) is 0 Å². The maximum Gasteiger partial charge on any atom is 0.501 e. The van der Waals surface area contributed by atoms with Crippen LogP contribution in [0.1, 0.15) is 90.3 Å². The monoisotopic (exact) mass is 1910 g/mol. The highest BCUT2D eigenvalue weighted by molar-refractivity contribution is 7.99. The molecule has 5 heterocycles. The fourth-order valence-electron chi connectivity index (χ4n) is 17.1. The summed E-state index contributed by atoms with van der Waals surface area (Å²) in [7, 11) is -18.3.